The zero-order valence-corrected chi connectivity index (χ0v) is 16.0. The number of carbonyl (C=O) groups is 2. The minimum atomic E-state index is -0.441. The van der Waals surface area contributed by atoms with Crippen LogP contribution in [0.1, 0.15) is 12.8 Å². The van der Waals surface area contributed by atoms with Gasteiger partial charge >= 0.3 is 0 Å². The number of ether oxygens (including phenoxy) is 3. The Labute approximate surface area is 158 Å². The predicted octanol–water partition coefficient (Wildman–Crippen LogP) is 1.98. The first kappa shape index (κ1) is 20.5. The molecule has 1 saturated heterocycles. The van der Waals surface area contributed by atoms with E-state index in [1.165, 1.54) is 0 Å². The van der Waals surface area contributed by atoms with E-state index in [-0.39, 0.29) is 11.8 Å². The minimum Gasteiger partial charge on any atom is -0.497 e. The van der Waals surface area contributed by atoms with Crippen LogP contribution in [0.3, 0.4) is 0 Å². The van der Waals surface area contributed by atoms with Crippen molar-refractivity contribution in [1.82, 2.24) is 4.90 Å². The summed E-state index contributed by atoms with van der Waals surface area (Å²) in [6.07, 6.45) is 1.01. The molecule has 1 heterocycles. The second-order valence-corrected chi connectivity index (χ2v) is 6.81. The van der Waals surface area contributed by atoms with Gasteiger partial charge in [-0.05, 0) is 30.7 Å². The summed E-state index contributed by atoms with van der Waals surface area (Å²) >= 11 is 1.59. The van der Waals surface area contributed by atoms with E-state index < -0.39 is 6.04 Å². The number of anilines is 1. The zero-order chi connectivity index (χ0) is 18.8. The summed E-state index contributed by atoms with van der Waals surface area (Å²) in [6, 6.07) is 6.69. The first-order valence-electron chi connectivity index (χ1n) is 8.54. The first-order valence-corrected chi connectivity index (χ1v) is 9.70. The van der Waals surface area contributed by atoms with E-state index in [1.54, 1.807) is 55.1 Å². The highest BCUT2D eigenvalue weighted by molar-refractivity contribution is 7.99. The van der Waals surface area contributed by atoms with E-state index >= 15 is 0 Å². The molecule has 0 radical (unpaired) electrons. The Morgan fingerprint density at radius 2 is 1.96 bits per heavy atom. The number of hydrogen-bond acceptors (Lipinski definition) is 6. The molecule has 0 saturated carbocycles. The Morgan fingerprint density at radius 1 is 1.19 bits per heavy atom. The average molecular weight is 382 g/mol. The van der Waals surface area contributed by atoms with Crippen molar-refractivity contribution in [3.8, 4) is 5.75 Å². The lowest BCUT2D eigenvalue weighted by Gasteiger charge is -2.23. The van der Waals surface area contributed by atoms with Gasteiger partial charge in [0.1, 0.15) is 11.8 Å². The summed E-state index contributed by atoms with van der Waals surface area (Å²) < 4.78 is 15.4. The van der Waals surface area contributed by atoms with E-state index in [0.717, 1.165) is 5.75 Å². The molecule has 1 aliphatic rings. The molecule has 1 unspecified atom stereocenters. The van der Waals surface area contributed by atoms with Crippen LogP contribution in [-0.4, -0.2) is 68.4 Å². The molecule has 0 aromatic heterocycles. The third kappa shape index (κ3) is 6.19. The van der Waals surface area contributed by atoms with Crippen LogP contribution in [-0.2, 0) is 19.1 Å². The molecule has 0 spiro atoms. The maximum Gasteiger partial charge on any atom is 0.248 e. The smallest absolute Gasteiger partial charge is 0.248 e. The largest absolute Gasteiger partial charge is 0.497 e. The van der Waals surface area contributed by atoms with Gasteiger partial charge in [0, 0.05) is 31.6 Å². The lowest BCUT2D eigenvalue weighted by molar-refractivity contribution is -0.136. The van der Waals surface area contributed by atoms with E-state index in [1.807, 2.05) is 0 Å². The third-order valence-corrected chi connectivity index (χ3v) is 4.99. The van der Waals surface area contributed by atoms with Gasteiger partial charge in [-0.1, -0.05) is 0 Å². The lowest BCUT2D eigenvalue weighted by Crippen LogP contribution is -2.44. The molecule has 1 aliphatic heterocycles. The van der Waals surface area contributed by atoms with Gasteiger partial charge in [0.05, 0.1) is 26.2 Å². The quantitative estimate of drug-likeness (QED) is 0.624. The normalized spacial score (nSPS) is 16.5. The minimum absolute atomic E-state index is 0.0137. The van der Waals surface area contributed by atoms with E-state index in [0.29, 0.717) is 50.0 Å². The van der Waals surface area contributed by atoms with Crippen molar-refractivity contribution in [1.29, 1.82) is 0 Å². The number of rotatable bonds is 10. The molecule has 0 aliphatic carbocycles. The van der Waals surface area contributed by atoms with Crippen LogP contribution in [0.15, 0.2) is 24.3 Å². The number of benzene rings is 1. The van der Waals surface area contributed by atoms with Crippen molar-refractivity contribution in [3.63, 3.8) is 0 Å². The molecule has 1 N–H and O–H groups in total. The predicted molar refractivity (Wildman–Crippen MR) is 102 cm³/mol. The van der Waals surface area contributed by atoms with Gasteiger partial charge in [0.2, 0.25) is 11.8 Å². The van der Waals surface area contributed by atoms with Crippen molar-refractivity contribution in [2.45, 2.75) is 18.9 Å². The Kier molecular flexibility index (Phi) is 8.73. The van der Waals surface area contributed by atoms with Gasteiger partial charge in [-0.25, -0.2) is 0 Å². The summed E-state index contributed by atoms with van der Waals surface area (Å²) in [7, 11) is 3.21. The van der Waals surface area contributed by atoms with Crippen LogP contribution in [0.4, 0.5) is 5.69 Å². The van der Waals surface area contributed by atoms with Crippen LogP contribution in [0, 0.1) is 0 Å². The van der Waals surface area contributed by atoms with E-state index in [9.17, 15) is 9.59 Å². The van der Waals surface area contributed by atoms with Crippen LogP contribution in [0.25, 0.3) is 0 Å². The molecular weight excluding hydrogens is 356 g/mol. The molecule has 1 fully saturated rings. The van der Waals surface area contributed by atoms with Crippen LogP contribution in [0.5, 0.6) is 5.75 Å². The fourth-order valence-electron chi connectivity index (χ4n) is 2.52. The summed E-state index contributed by atoms with van der Waals surface area (Å²) in [5.41, 5.74) is 0.687. The van der Waals surface area contributed by atoms with Gasteiger partial charge in [-0.2, -0.15) is 0 Å². The van der Waals surface area contributed by atoms with Crippen molar-refractivity contribution < 1.29 is 23.8 Å². The van der Waals surface area contributed by atoms with Crippen molar-refractivity contribution in [2.24, 2.45) is 0 Å². The number of carbonyl (C=O) groups excluding carboxylic acids is 2. The Hall–Kier alpha value is -1.77. The van der Waals surface area contributed by atoms with Crippen LogP contribution >= 0.6 is 11.8 Å². The molecule has 26 heavy (non-hydrogen) atoms. The number of methoxy groups -OCH3 is 2. The number of thioether (sulfide) groups is 1. The summed E-state index contributed by atoms with van der Waals surface area (Å²) in [4.78, 5) is 26.6. The maximum atomic E-state index is 12.5. The standard InChI is InChI=1S/C18H26N2O5S/c1-23-10-11-25-9-3-4-17(21)20-13-26-12-16(20)18(22)19-14-5-7-15(24-2)8-6-14/h5-8,16H,3-4,9-13H2,1-2H3,(H,19,22). The van der Waals surface area contributed by atoms with Crippen LogP contribution in [0.2, 0.25) is 0 Å². The number of hydrogen-bond donors (Lipinski definition) is 1. The molecule has 7 nitrogen and oxygen atoms in total. The van der Waals surface area contributed by atoms with Crippen molar-refractivity contribution >= 4 is 29.3 Å². The van der Waals surface area contributed by atoms with E-state index in [2.05, 4.69) is 5.32 Å². The molecular formula is C18H26N2O5S. The highest BCUT2D eigenvalue weighted by atomic mass is 32.2. The molecule has 144 valence electrons. The first-order chi connectivity index (χ1) is 12.7. The van der Waals surface area contributed by atoms with Crippen molar-refractivity contribution in [3.05, 3.63) is 24.3 Å². The number of nitrogens with one attached hydrogen (secondary N) is 1. The molecule has 8 heteroatoms. The fraction of sp³-hybridized carbons (Fsp3) is 0.556. The SMILES string of the molecule is COCCOCCCC(=O)N1CSCC1C(=O)Nc1ccc(OC)cc1. The second-order valence-electron chi connectivity index (χ2n) is 5.81. The highest BCUT2D eigenvalue weighted by Crippen LogP contribution is 2.24. The maximum absolute atomic E-state index is 12.5. The van der Waals surface area contributed by atoms with Gasteiger partial charge < -0.3 is 24.4 Å². The number of nitrogens with zero attached hydrogens (tertiary/aromatic N) is 1. The zero-order valence-electron chi connectivity index (χ0n) is 15.2. The lowest BCUT2D eigenvalue weighted by atomic mass is 10.2. The van der Waals surface area contributed by atoms with Crippen molar-refractivity contribution in [2.75, 3.05) is 51.0 Å². The number of amides is 2. The Bertz CT molecular complexity index is 581. The van der Waals surface area contributed by atoms with Gasteiger partial charge in [0.25, 0.3) is 0 Å². The van der Waals surface area contributed by atoms with E-state index in [4.69, 9.17) is 14.2 Å². The highest BCUT2D eigenvalue weighted by Gasteiger charge is 2.34. The average Bonchev–Trinajstić information content (AvgIpc) is 3.15. The monoisotopic (exact) mass is 382 g/mol. The van der Waals surface area contributed by atoms with Gasteiger partial charge in [-0.15, -0.1) is 11.8 Å². The summed E-state index contributed by atoms with van der Waals surface area (Å²) in [5.74, 6) is 1.70. The second kappa shape index (κ2) is 11.1. The topological polar surface area (TPSA) is 77.1 Å². The third-order valence-electron chi connectivity index (χ3n) is 3.97. The van der Waals surface area contributed by atoms with Gasteiger partial charge in [-0.3, -0.25) is 9.59 Å². The molecule has 1 atom stereocenters. The summed E-state index contributed by atoms with van der Waals surface area (Å²) in [6.45, 7) is 1.58. The molecule has 1 aromatic rings. The Morgan fingerprint density at radius 3 is 2.65 bits per heavy atom. The van der Waals surface area contributed by atoms with Crippen LogP contribution < -0.4 is 10.1 Å². The Balaban J connectivity index is 1.79. The van der Waals surface area contributed by atoms with Gasteiger partial charge in [0.15, 0.2) is 0 Å². The molecule has 1 aromatic carbocycles. The fourth-order valence-corrected chi connectivity index (χ4v) is 3.70. The summed E-state index contributed by atoms with van der Waals surface area (Å²) in [5, 5.41) is 2.87. The molecule has 2 rings (SSSR count). The molecule has 0 bridgehead atoms. The molecule has 2 amide bonds.